The molecule has 2 rings (SSSR count). The first-order valence-corrected chi connectivity index (χ1v) is 9.03. The van der Waals surface area contributed by atoms with Gasteiger partial charge in [-0.25, -0.2) is 10.2 Å². The van der Waals surface area contributed by atoms with Crippen LogP contribution in [0.3, 0.4) is 0 Å². The van der Waals surface area contributed by atoms with Gasteiger partial charge in [0.1, 0.15) is 5.70 Å². The average molecular weight is 387 g/mol. The Morgan fingerprint density at radius 2 is 1.56 bits per heavy atom. The number of nitrogens with one attached hydrogen (secondary N) is 1. The Morgan fingerprint density at radius 3 is 2.07 bits per heavy atom. The average Bonchev–Trinajstić information content (AvgIpc) is 2.66. The highest BCUT2D eigenvalue weighted by molar-refractivity contribution is 8.01. The SMILES string of the molecule is C=C(c1ccccc1)S(=O)(=O)N(NC(=O)C=C(N)C(=O)O)c1ccccc1. The van der Waals surface area contributed by atoms with Gasteiger partial charge in [-0.15, -0.1) is 0 Å². The molecule has 0 aliphatic carbocycles. The van der Waals surface area contributed by atoms with E-state index in [1.165, 1.54) is 12.1 Å². The number of anilines is 1. The molecule has 0 saturated carbocycles. The van der Waals surface area contributed by atoms with Gasteiger partial charge in [0, 0.05) is 6.08 Å². The maximum Gasteiger partial charge on any atom is 0.351 e. The first-order valence-electron chi connectivity index (χ1n) is 7.59. The van der Waals surface area contributed by atoms with E-state index >= 15 is 0 Å². The van der Waals surface area contributed by atoms with Crippen molar-refractivity contribution in [3.63, 3.8) is 0 Å². The zero-order valence-electron chi connectivity index (χ0n) is 14.1. The summed E-state index contributed by atoms with van der Waals surface area (Å²) in [4.78, 5) is 22.6. The van der Waals surface area contributed by atoms with Crippen molar-refractivity contribution in [1.82, 2.24) is 5.43 Å². The van der Waals surface area contributed by atoms with Crippen molar-refractivity contribution in [3.8, 4) is 0 Å². The van der Waals surface area contributed by atoms with Crippen LogP contribution in [0.4, 0.5) is 5.69 Å². The third-order valence-corrected chi connectivity index (χ3v) is 5.02. The minimum Gasteiger partial charge on any atom is -0.477 e. The number of sulfonamides is 1. The summed E-state index contributed by atoms with van der Waals surface area (Å²) in [6.45, 7) is 3.62. The molecule has 0 atom stereocenters. The molecule has 4 N–H and O–H groups in total. The van der Waals surface area contributed by atoms with E-state index in [4.69, 9.17) is 10.8 Å². The standard InChI is InChI=1S/C18H17N3O5S/c1-13(14-8-4-2-5-9-14)27(25,26)21(15-10-6-3-7-11-15)20-17(22)12-16(19)18(23)24/h2-12H,1,19H2,(H,20,22)(H,23,24). The summed E-state index contributed by atoms with van der Waals surface area (Å²) in [6, 6.07) is 15.9. The number of carbonyl (C=O) groups excluding carboxylic acids is 1. The smallest absolute Gasteiger partial charge is 0.351 e. The number of aliphatic carboxylic acids is 1. The maximum absolute atomic E-state index is 13.0. The Kier molecular flexibility index (Phi) is 5.99. The van der Waals surface area contributed by atoms with Crippen molar-refractivity contribution >= 4 is 32.5 Å². The van der Waals surface area contributed by atoms with Crippen molar-refractivity contribution in [2.45, 2.75) is 0 Å². The summed E-state index contributed by atoms with van der Waals surface area (Å²) in [5.74, 6) is -2.53. The van der Waals surface area contributed by atoms with E-state index in [1.807, 2.05) is 0 Å². The second-order valence-electron chi connectivity index (χ2n) is 5.28. The number of carboxylic acid groups (broad SMARTS) is 1. The minimum atomic E-state index is -4.27. The van der Waals surface area contributed by atoms with E-state index in [2.05, 4.69) is 12.0 Å². The molecule has 9 heteroatoms. The number of hydrogen-bond acceptors (Lipinski definition) is 5. The van der Waals surface area contributed by atoms with Crippen molar-refractivity contribution < 1.29 is 23.1 Å². The van der Waals surface area contributed by atoms with Gasteiger partial charge in [0.15, 0.2) is 0 Å². The van der Waals surface area contributed by atoms with Crippen molar-refractivity contribution in [3.05, 3.63) is 84.6 Å². The van der Waals surface area contributed by atoms with Crippen LogP contribution in [-0.2, 0) is 19.6 Å². The molecular weight excluding hydrogens is 370 g/mol. The predicted molar refractivity (Wildman–Crippen MR) is 101 cm³/mol. The summed E-state index contributed by atoms with van der Waals surface area (Å²) >= 11 is 0. The fraction of sp³-hybridized carbons (Fsp3) is 0. The topological polar surface area (TPSA) is 130 Å². The summed E-state index contributed by atoms with van der Waals surface area (Å²) < 4.78 is 26.7. The molecule has 1 amide bonds. The van der Waals surface area contributed by atoms with Crippen LogP contribution in [0.15, 0.2) is 79.0 Å². The lowest BCUT2D eigenvalue weighted by molar-refractivity contribution is -0.133. The quantitative estimate of drug-likeness (QED) is 0.487. The number of hydrogen-bond donors (Lipinski definition) is 3. The van der Waals surface area contributed by atoms with Gasteiger partial charge < -0.3 is 10.8 Å². The number of carbonyl (C=O) groups is 2. The zero-order chi connectivity index (χ0) is 20.0. The maximum atomic E-state index is 13.0. The monoisotopic (exact) mass is 387 g/mol. The molecule has 0 spiro atoms. The number of hydrazine groups is 1. The first kappa shape index (κ1) is 19.7. The van der Waals surface area contributed by atoms with Crippen LogP contribution in [0.2, 0.25) is 0 Å². The molecule has 27 heavy (non-hydrogen) atoms. The highest BCUT2D eigenvalue weighted by Crippen LogP contribution is 2.26. The Balaban J connectivity index is 2.44. The van der Waals surface area contributed by atoms with Crippen LogP contribution < -0.4 is 15.6 Å². The normalized spacial score (nSPS) is 11.5. The largest absolute Gasteiger partial charge is 0.477 e. The Bertz CT molecular complexity index is 986. The van der Waals surface area contributed by atoms with Gasteiger partial charge in [-0.3, -0.25) is 4.79 Å². The molecule has 0 fully saturated rings. The number of carboxylic acids is 1. The lowest BCUT2D eigenvalue weighted by atomic mass is 10.2. The summed E-state index contributed by atoms with van der Waals surface area (Å²) in [5.41, 5.74) is 7.08. The van der Waals surface area contributed by atoms with Crippen molar-refractivity contribution in [2.24, 2.45) is 5.73 Å². The van der Waals surface area contributed by atoms with Gasteiger partial charge in [0.2, 0.25) is 0 Å². The molecular formula is C18H17N3O5S. The molecule has 2 aromatic rings. The molecule has 0 unspecified atom stereocenters. The fourth-order valence-corrected chi connectivity index (χ4v) is 3.31. The number of benzene rings is 2. The molecule has 140 valence electrons. The number of amides is 1. The number of rotatable bonds is 7. The van der Waals surface area contributed by atoms with Crippen LogP contribution in [0, 0.1) is 0 Å². The molecule has 0 saturated heterocycles. The number of para-hydroxylation sites is 1. The van der Waals surface area contributed by atoms with Crippen LogP contribution in [0.25, 0.3) is 4.91 Å². The van der Waals surface area contributed by atoms with Gasteiger partial charge in [-0.05, 0) is 17.7 Å². The van der Waals surface area contributed by atoms with E-state index in [9.17, 15) is 18.0 Å². The van der Waals surface area contributed by atoms with Crippen molar-refractivity contribution in [2.75, 3.05) is 4.41 Å². The highest BCUT2D eigenvalue weighted by Gasteiger charge is 2.28. The lowest BCUT2D eigenvalue weighted by Gasteiger charge is -2.25. The van der Waals surface area contributed by atoms with Crippen LogP contribution >= 0.6 is 0 Å². The van der Waals surface area contributed by atoms with Crippen LogP contribution in [0.5, 0.6) is 0 Å². The summed E-state index contributed by atoms with van der Waals surface area (Å²) in [6.07, 6.45) is 0.582. The molecule has 0 heterocycles. The number of nitrogens with two attached hydrogens (primary N) is 1. The molecule has 8 nitrogen and oxygen atoms in total. The van der Waals surface area contributed by atoms with Gasteiger partial charge >= 0.3 is 5.97 Å². The summed E-state index contributed by atoms with van der Waals surface area (Å²) in [5, 5.41) is 8.76. The Hall–Kier alpha value is -3.59. The second-order valence-corrected chi connectivity index (χ2v) is 7.08. The second kappa shape index (κ2) is 8.19. The third-order valence-electron chi connectivity index (χ3n) is 3.38. The molecule has 0 aromatic heterocycles. The molecule has 2 aromatic carbocycles. The zero-order valence-corrected chi connectivity index (χ0v) is 14.9. The molecule has 0 radical (unpaired) electrons. The molecule has 0 aliphatic rings. The van der Waals surface area contributed by atoms with Crippen molar-refractivity contribution in [1.29, 1.82) is 0 Å². The van der Waals surface area contributed by atoms with Crippen LogP contribution in [-0.4, -0.2) is 25.4 Å². The Morgan fingerprint density at radius 1 is 1.04 bits per heavy atom. The predicted octanol–water partition coefficient (Wildman–Crippen LogP) is 1.45. The highest BCUT2D eigenvalue weighted by atomic mass is 32.2. The van der Waals surface area contributed by atoms with Gasteiger partial charge in [-0.1, -0.05) is 55.1 Å². The minimum absolute atomic E-state index is 0.130. The first-order chi connectivity index (χ1) is 12.7. The van der Waals surface area contributed by atoms with E-state index in [0.29, 0.717) is 16.1 Å². The molecule has 0 aliphatic heterocycles. The van der Waals surface area contributed by atoms with Gasteiger partial charge in [-0.2, -0.15) is 12.8 Å². The number of nitrogens with zero attached hydrogens (tertiary/aromatic N) is 1. The summed E-state index contributed by atoms with van der Waals surface area (Å²) in [7, 11) is -4.27. The fourth-order valence-electron chi connectivity index (χ4n) is 2.05. The molecule has 0 bridgehead atoms. The van der Waals surface area contributed by atoms with E-state index in [0.717, 1.165) is 0 Å². The van der Waals surface area contributed by atoms with Gasteiger partial charge in [0.25, 0.3) is 15.9 Å². The van der Waals surface area contributed by atoms with E-state index in [1.54, 1.807) is 48.5 Å². The van der Waals surface area contributed by atoms with E-state index in [-0.39, 0.29) is 10.6 Å². The van der Waals surface area contributed by atoms with E-state index < -0.39 is 27.6 Å². The van der Waals surface area contributed by atoms with Gasteiger partial charge in [0.05, 0.1) is 10.6 Å². The Labute approximate surface area is 156 Å². The lowest BCUT2D eigenvalue weighted by Crippen LogP contribution is -2.46. The third kappa shape index (κ3) is 4.73. The van der Waals surface area contributed by atoms with Crippen LogP contribution in [0.1, 0.15) is 5.56 Å².